The van der Waals surface area contributed by atoms with Crippen molar-refractivity contribution in [3.05, 3.63) is 17.5 Å². The average molecular weight is 168 g/mol. The number of nitrogens with two attached hydrogens (primary N) is 1. The molecule has 1 heterocycles. The summed E-state index contributed by atoms with van der Waals surface area (Å²) in [6.45, 7) is 6.10. The molecule has 1 unspecified atom stereocenters. The average Bonchev–Trinajstić information content (AvgIpc) is 2.35. The summed E-state index contributed by atoms with van der Waals surface area (Å²) in [5.74, 6) is 1.34. The van der Waals surface area contributed by atoms with E-state index in [-0.39, 0.29) is 6.04 Å². The monoisotopic (exact) mass is 168 g/mol. The Kier molecular flexibility index (Phi) is 2.87. The predicted molar refractivity (Wildman–Crippen MR) is 47.8 cm³/mol. The van der Waals surface area contributed by atoms with Crippen LogP contribution in [0.3, 0.4) is 0 Å². The summed E-state index contributed by atoms with van der Waals surface area (Å²) >= 11 is 0. The van der Waals surface area contributed by atoms with Crippen LogP contribution in [0.5, 0.6) is 0 Å². The molecule has 2 N–H and O–H groups in total. The molecule has 1 aromatic rings. The second-order valence-corrected chi connectivity index (χ2v) is 3.54. The van der Waals surface area contributed by atoms with Gasteiger partial charge in [-0.25, -0.2) is 0 Å². The molecule has 0 aliphatic heterocycles. The largest absolute Gasteiger partial charge is 0.361 e. The van der Waals surface area contributed by atoms with Crippen molar-refractivity contribution in [3.63, 3.8) is 0 Å². The molecule has 0 aliphatic carbocycles. The summed E-state index contributed by atoms with van der Waals surface area (Å²) in [6, 6.07) is 2.11. The zero-order valence-electron chi connectivity index (χ0n) is 7.87. The van der Waals surface area contributed by atoms with Crippen LogP contribution >= 0.6 is 0 Å². The van der Waals surface area contributed by atoms with Crippen molar-refractivity contribution in [2.45, 2.75) is 33.2 Å². The number of nitrogens with zero attached hydrogens (tertiary/aromatic N) is 1. The van der Waals surface area contributed by atoms with Crippen LogP contribution in [0, 0.1) is 12.8 Å². The van der Waals surface area contributed by atoms with Gasteiger partial charge in [-0.3, -0.25) is 0 Å². The third kappa shape index (κ3) is 2.34. The Bertz CT molecular complexity index is 242. The molecule has 0 amide bonds. The lowest BCUT2D eigenvalue weighted by atomic mass is 10.0. The van der Waals surface area contributed by atoms with Crippen molar-refractivity contribution >= 4 is 0 Å². The lowest BCUT2D eigenvalue weighted by Gasteiger charge is -2.12. The maximum Gasteiger partial charge on any atom is 0.133 e. The standard InChI is InChI=1S/C9H16N2O/c1-6(2)9(10)5-8-4-7(3)12-11-8/h4,6,9H,5,10H2,1-3H3. The molecule has 1 atom stereocenters. The highest BCUT2D eigenvalue weighted by Gasteiger charge is 2.10. The van der Waals surface area contributed by atoms with Gasteiger partial charge in [0.25, 0.3) is 0 Å². The van der Waals surface area contributed by atoms with Gasteiger partial charge in [0.05, 0.1) is 5.69 Å². The van der Waals surface area contributed by atoms with Crippen LogP contribution in [0.4, 0.5) is 0 Å². The summed E-state index contributed by atoms with van der Waals surface area (Å²) in [5, 5.41) is 3.88. The van der Waals surface area contributed by atoms with E-state index >= 15 is 0 Å². The van der Waals surface area contributed by atoms with Crippen LogP contribution in [0.2, 0.25) is 0 Å². The van der Waals surface area contributed by atoms with Gasteiger partial charge in [0.2, 0.25) is 0 Å². The van der Waals surface area contributed by atoms with E-state index in [0.29, 0.717) is 5.92 Å². The van der Waals surface area contributed by atoms with Gasteiger partial charge in [-0.15, -0.1) is 0 Å². The number of hydrogen-bond acceptors (Lipinski definition) is 3. The Morgan fingerprint density at radius 2 is 2.25 bits per heavy atom. The molecule has 0 aliphatic rings. The van der Waals surface area contributed by atoms with Crippen molar-refractivity contribution in [2.75, 3.05) is 0 Å². The van der Waals surface area contributed by atoms with Crippen LogP contribution in [-0.2, 0) is 6.42 Å². The van der Waals surface area contributed by atoms with E-state index in [1.807, 2.05) is 13.0 Å². The van der Waals surface area contributed by atoms with E-state index in [1.165, 1.54) is 0 Å². The third-order valence-electron chi connectivity index (χ3n) is 1.98. The summed E-state index contributed by atoms with van der Waals surface area (Å²) in [6.07, 6.45) is 0.801. The molecule has 0 bridgehead atoms. The smallest absolute Gasteiger partial charge is 0.133 e. The molecule has 1 rings (SSSR count). The zero-order chi connectivity index (χ0) is 9.14. The Morgan fingerprint density at radius 3 is 2.67 bits per heavy atom. The highest BCUT2D eigenvalue weighted by atomic mass is 16.5. The van der Waals surface area contributed by atoms with E-state index in [2.05, 4.69) is 19.0 Å². The molecule has 68 valence electrons. The molecule has 1 aromatic heterocycles. The molecule has 0 saturated carbocycles. The van der Waals surface area contributed by atoms with E-state index in [1.54, 1.807) is 0 Å². The van der Waals surface area contributed by atoms with E-state index in [0.717, 1.165) is 17.9 Å². The van der Waals surface area contributed by atoms with Crippen molar-refractivity contribution in [1.29, 1.82) is 0 Å². The van der Waals surface area contributed by atoms with Crippen molar-refractivity contribution in [1.82, 2.24) is 5.16 Å². The fourth-order valence-electron chi connectivity index (χ4n) is 0.991. The fraction of sp³-hybridized carbons (Fsp3) is 0.667. The minimum absolute atomic E-state index is 0.175. The van der Waals surface area contributed by atoms with E-state index in [4.69, 9.17) is 10.3 Å². The number of rotatable bonds is 3. The number of aryl methyl sites for hydroxylation is 1. The second-order valence-electron chi connectivity index (χ2n) is 3.54. The van der Waals surface area contributed by atoms with Gasteiger partial charge < -0.3 is 10.3 Å². The minimum Gasteiger partial charge on any atom is -0.361 e. The molecule has 0 radical (unpaired) electrons. The van der Waals surface area contributed by atoms with Crippen molar-refractivity contribution in [3.8, 4) is 0 Å². The van der Waals surface area contributed by atoms with Crippen LogP contribution < -0.4 is 5.73 Å². The fourth-order valence-corrected chi connectivity index (χ4v) is 0.991. The SMILES string of the molecule is Cc1cc(CC(N)C(C)C)no1. The quantitative estimate of drug-likeness (QED) is 0.744. The molecule has 0 saturated heterocycles. The Balaban J connectivity index is 2.52. The normalized spacial score (nSPS) is 13.8. The predicted octanol–water partition coefficient (Wildman–Crippen LogP) is 1.51. The maximum atomic E-state index is 5.88. The van der Waals surface area contributed by atoms with Crippen LogP contribution in [0.25, 0.3) is 0 Å². The summed E-state index contributed by atoms with van der Waals surface area (Å²) < 4.78 is 4.94. The van der Waals surface area contributed by atoms with Gasteiger partial charge in [0, 0.05) is 18.5 Å². The number of hydrogen-bond donors (Lipinski definition) is 1. The highest BCUT2D eigenvalue weighted by molar-refractivity contribution is 5.05. The van der Waals surface area contributed by atoms with Crippen LogP contribution in [0.15, 0.2) is 10.6 Å². The number of aromatic nitrogens is 1. The van der Waals surface area contributed by atoms with E-state index in [9.17, 15) is 0 Å². The van der Waals surface area contributed by atoms with Crippen LogP contribution in [-0.4, -0.2) is 11.2 Å². The Hall–Kier alpha value is -0.830. The first-order valence-corrected chi connectivity index (χ1v) is 4.27. The molecular formula is C9H16N2O. The molecule has 0 aromatic carbocycles. The van der Waals surface area contributed by atoms with Gasteiger partial charge in [0.15, 0.2) is 0 Å². The summed E-state index contributed by atoms with van der Waals surface area (Å²) in [5.41, 5.74) is 6.83. The molecular weight excluding hydrogens is 152 g/mol. The first-order chi connectivity index (χ1) is 5.59. The van der Waals surface area contributed by atoms with E-state index < -0.39 is 0 Å². The first kappa shape index (κ1) is 9.26. The lowest BCUT2D eigenvalue weighted by molar-refractivity contribution is 0.383. The van der Waals surface area contributed by atoms with Gasteiger partial charge in [0.1, 0.15) is 5.76 Å². The van der Waals surface area contributed by atoms with Gasteiger partial charge in [-0.1, -0.05) is 19.0 Å². The van der Waals surface area contributed by atoms with Crippen molar-refractivity contribution in [2.24, 2.45) is 11.7 Å². The highest BCUT2D eigenvalue weighted by Crippen LogP contribution is 2.08. The van der Waals surface area contributed by atoms with Crippen molar-refractivity contribution < 1.29 is 4.52 Å². The topological polar surface area (TPSA) is 52.0 Å². The summed E-state index contributed by atoms with van der Waals surface area (Å²) in [4.78, 5) is 0. The van der Waals surface area contributed by atoms with Gasteiger partial charge in [-0.05, 0) is 12.8 Å². The molecule has 12 heavy (non-hydrogen) atoms. The Labute approximate surface area is 72.9 Å². The molecule has 3 nitrogen and oxygen atoms in total. The third-order valence-corrected chi connectivity index (χ3v) is 1.98. The minimum atomic E-state index is 0.175. The molecule has 0 fully saturated rings. The van der Waals surface area contributed by atoms with Crippen LogP contribution in [0.1, 0.15) is 25.3 Å². The molecule has 3 heteroatoms. The maximum absolute atomic E-state index is 5.88. The first-order valence-electron chi connectivity index (χ1n) is 4.27. The second kappa shape index (κ2) is 3.72. The molecule has 0 spiro atoms. The van der Waals surface area contributed by atoms with Gasteiger partial charge in [-0.2, -0.15) is 0 Å². The summed E-state index contributed by atoms with van der Waals surface area (Å²) in [7, 11) is 0. The Morgan fingerprint density at radius 1 is 1.58 bits per heavy atom. The lowest BCUT2D eigenvalue weighted by Crippen LogP contribution is -2.28. The van der Waals surface area contributed by atoms with Gasteiger partial charge >= 0.3 is 0 Å². The zero-order valence-corrected chi connectivity index (χ0v) is 7.87.